The standard InChI is InChI=1S/C17H12ClF6N5/c1-7(2)25-15-13(12-9(20)5-8(19)6-10(12)21)14(18)26-16(27-15)29-4-3-11(28-29)17(22,23)24/h3-7H,1-2H3,(H,25,26,27). The molecule has 0 amide bonds. The number of aromatic nitrogens is 4. The summed E-state index contributed by atoms with van der Waals surface area (Å²) in [6.45, 7) is 3.37. The van der Waals surface area contributed by atoms with Crippen LogP contribution in [0.25, 0.3) is 17.1 Å². The van der Waals surface area contributed by atoms with Gasteiger partial charge in [-0.1, -0.05) is 11.6 Å². The minimum Gasteiger partial charge on any atom is -0.367 e. The summed E-state index contributed by atoms with van der Waals surface area (Å²) in [7, 11) is 0. The lowest BCUT2D eigenvalue weighted by molar-refractivity contribution is -0.141. The van der Waals surface area contributed by atoms with Crippen LogP contribution in [0.5, 0.6) is 0 Å². The zero-order valence-electron chi connectivity index (χ0n) is 14.8. The number of alkyl halides is 3. The van der Waals surface area contributed by atoms with Gasteiger partial charge in [0.2, 0.25) is 0 Å². The summed E-state index contributed by atoms with van der Waals surface area (Å²) in [6, 6.07) is 1.33. The molecule has 0 radical (unpaired) electrons. The van der Waals surface area contributed by atoms with Gasteiger partial charge in [-0.2, -0.15) is 28.2 Å². The van der Waals surface area contributed by atoms with E-state index in [0.717, 1.165) is 10.9 Å². The van der Waals surface area contributed by atoms with Crippen LogP contribution < -0.4 is 5.32 Å². The minimum absolute atomic E-state index is 0.163. The Bertz CT molecular complexity index is 1040. The molecule has 0 fully saturated rings. The molecule has 0 unspecified atom stereocenters. The molecule has 0 atom stereocenters. The fourth-order valence-corrected chi connectivity index (χ4v) is 2.75. The maximum atomic E-state index is 14.3. The van der Waals surface area contributed by atoms with Crippen LogP contribution in [0.3, 0.4) is 0 Å². The molecule has 0 aliphatic heterocycles. The number of benzene rings is 1. The second-order valence-electron chi connectivity index (χ2n) is 6.22. The Morgan fingerprint density at radius 2 is 1.66 bits per heavy atom. The molecule has 0 saturated carbocycles. The SMILES string of the molecule is CC(C)Nc1nc(-n2ccc(C(F)(F)F)n2)nc(Cl)c1-c1c(F)cc(F)cc1F. The van der Waals surface area contributed by atoms with Crippen molar-refractivity contribution in [3.63, 3.8) is 0 Å². The summed E-state index contributed by atoms with van der Waals surface area (Å²) < 4.78 is 80.9. The number of halogens is 7. The Hall–Kier alpha value is -2.82. The molecule has 29 heavy (non-hydrogen) atoms. The van der Waals surface area contributed by atoms with Crippen molar-refractivity contribution in [2.45, 2.75) is 26.1 Å². The first kappa shape index (κ1) is 20.9. The maximum absolute atomic E-state index is 14.3. The third-order valence-electron chi connectivity index (χ3n) is 3.62. The highest BCUT2D eigenvalue weighted by Crippen LogP contribution is 2.37. The summed E-state index contributed by atoms with van der Waals surface area (Å²) in [4.78, 5) is 7.83. The molecule has 0 spiro atoms. The third-order valence-corrected chi connectivity index (χ3v) is 3.89. The highest BCUT2D eigenvalue weighted by Gasteiger charge is 2.34. The van der Waals surface area contributed by atoms with Crippen molar-refractivity contribution in [1.82, 2.24) is 19.7 Å². The van der Waals surface area contributed by atoms with Crippen molar-refractivity contribution < 1.29 is 26.3 Å². The van der Waals surface area contributed by atoms with E-state index in [2.05, 4.69) is 20.4 Å². The Labute approximate surface area is 165 Å². The quantitative estimate of drug-likeness (QED) is 0.450. The van der Waals surface area contributed by atoms with Gasteiger partial charge in [0, 0.05) is 24.4 Å². The van der Waals surface area contributed by atoms with E-state index in [0.29, 0.717) is 18.2 Å². The van der Waals surface area contributed by atoms with E-state index in [4.69, 9.17) is 11.6 Å². The lowest BCUT2D eigenvalue weighted by Crippen LogP contribution is -2.16. The third kappa shape index (κ3) is 4.29. The maximum Gasteiger partial charge on any atom is 0.435 e. The largest absolute Gasteiger partial charge is 0.435 e. The molecule has 1 N–H and O–H groups in total. The molecule has 0 bridgehead atoms. The summed E-state index contributed by atoms with van der Waals surface area (Å²) >= 11 is 6.10. The van der Waals surface area contributed by atoms with Crippen molar-refractivity contribution >= 4 is 17.4 Å². The summed E-state index contributed by atoms with van der Waals surface area (Å²) in [5.74, 6) is -4.15. The van der Waals surface area contributed by atoms with Crippen molar-refractivity contribution in [2.75, 3.05) is 5.32 Å². The van der Waals surface area contributed by atoms with Crippen molar-refractivity contribution in [1.29, 1.82) is 0 Å². The molecule has 3 aromatic rings. The van der Waals surface area contributed by atoms with Crippen molar-refractivity contribution in [3.05, 3.63) is 52.7 Å². The number of hydrogen-bond acceptors (Lipinski definition) is 4. The van der Waals surface area contributed by atoms with Crippen LogP contribution in [0.4, 0.5) is 32.2 Å². The molecule has 3 rings (SSSR count). The van der Waals surface area contributed by atoms with Crippen LogP contribution in [0.15, 0.2) is 24.4 Å². The Balaban J connectivity index is 2.21. The first-order valence-corrected chi connectivity index (χ1v) is 8.47. The average Bonchev–Trinajstić information content (AvgIpc) is 3.05. The Morgan fingerprint density at radius 1 is 1.03 bits per heavy atom. The number of nitrogens with zero attached hydrogens (tertiary/aromatic N) is 4. The predicted molar refractivity (Wildman–Crippen MR) is 93.2 cm³/mol. The van der Waals surface area contributed by atoms with Gasteiger partial charge in [-0.3, -0.25) is 0 Å². The fraction of sp³-hybridized carbons (Fsp3) is 0.235. The van der Waals surface area contributed by atoms with E-state index in [1.807, 2.05) is 0 Å². The molecular weight excluding hydrogens is 424 g/mol. The molecule has 2 aromatic heterocycles. The number of rotatable bonds is 4. The van der Waals surface area contributed by atoms with Gasteiger partial charge in [-0.15, -0.1) is 0 Å². The second kappa shape index (κ2) is 7.54. The fourth-order valence-electron chi connectivity index (χ4n) is 2.49. The van der Waals surface area contributed by atoms with E-state index in [9.17, 15) is 26.3 Å². The molecule has 0 aliphatic carbocycles. The first-order valence-electron chi connectivity index (χ1n) is 8.09. The highest BCUT2D eigenvalue weighted by atomic mass is 35.5. The zero-order chi connectivity index (χ0) is 21.5. The molecule has 1 aromatic carbocycles. The molecule has 12 heteroatoms. The lowest BCUT2D eigenvalue weighted by Gasteiger charge is -2.17. The minimum atomic E-state index is -4.69. The van der Waals surface area contributed by atoms with Gasteiger partial charge in [0.15, 0.2) is 5.69 Å². The monoisotopic (exact) mass is 435 g/mol. The van der Waals surface area contributed by atoms with Gasteiger partial charge in [-0.05, 0) is 19.9 Å². The van der Waals surface area contributed by atoms with Gasteiger partial charge < -0.3 is 5.32 Å². The van der Waals surface area contributed by atoms with Crippen LogP contribution in [-0.2, 0) is 6.18 Å². The van der Waals surface area contributed by atoms with Crippen molar-refractivity contribution in [2.24, 2.45) is 0 Å². The molecular formula is C17H12ClF6N5. The van der Waals surface area contributed by atoms with E-state index in [1.54, 1.807) is 13.8 Å². The van der Waals surface area contributed by atoms with Gasteiger partial charge in [-0.25, -0.2) is 17.9 Å². The van der Waals surface area contributed by atoms with E-state index < -0.39 is 40.0 Å². The van der Waals surface area contributed by atoms with E-state index in [-0.39, 0.29) is 23.4 Å². The average molecular weight is 436 g/mol. The van der Waals surface area contributed by atoms with Crippen LogP contribution in [0.2, 0.25) is 5.15 Å². The number of anilines is 1. The van der Waals surface area contributed by atoms with E-state index in [1.165, 1.54) is 0 Å². The van der Waals surface area contributed by atoms with Gasteiger partial charge in [0.1, 0.15) is 28.4 Å². The first-order chi connectivity index (χ1) is 13.5. The predicted octanol–water partition coefficient (Wildman–Crippen LogP) is 5.24. The number of nitrogens with one attached hydrogen (secondary N) is 1. The summed E-state index contributed by atoms with van der Waals surface area (Å²) in [5, 5.41) is 5.68. The summed E-state index contributed by atoms with van der Waals surface area (Å²) in [5.41, 5.74) is -2.17. The van der Waals surface area contributed by atoms with Crippen LogP contribution in [0, 0.1) is 17.5 Å². The Kier molecular flexibility index (Phi) is 5.44. The lowest BCUT2D eigenvalue weighted by atomic mass is 10.1. The van der Waals surface area contributed by atoms with Crippen LogP contribution in [0.1, 0.15) is 19.5 Å². The highest BCUT2D eigenvalue weighted by molar-refractivity contribution is 6.32. The topological polar surface area (TPSA) is 55.6 Å². The van der Waals surface area contributed by atoms with Gasteiger partial charge in [0.25, 0.3) is 5.95 Å². The van der Waals surface area contributed by atoms with Crippen LogP contribution >= 0.6 is 11.6 Å². The summed E-state index contributed by atoms with van der Waals surface area (Å²) in [6.07, 6.45) is -3.72. The molecule has 0 saturated heterocycles. The molecule has 5 nitrogen and oxygen atoms in total. The Morgan fingerprint density at radius 3 is 2.17 bits per heavy atom. The smallest absolute Gasteiger partial charge is 0.367 e. The molecule has 154 valence electrons. The van der Waals surface area contributed by atoms with Crippen molar-refractivity contribution in [3.8, 4) is 17.1 Å². The van der Waals surface area contributed by atoms with E-state index >= 15 is 0 Å². The second-order valence-corrected chi connectivity index (χ2v) is 6.58. The zero-order valence-corrected chi connectivity index (χ0v) is 15.6. The van der Waals surface area contributed by atoms with Gasteiger partial charge >= 0.3 is 6.18 Å². The van der Waals surface area contributed by atoms with Crippen LogP contribution in [-0.4, -0.2) is 25.8 Å². The molecule has 0 aliphatic rings. The molecule has 2 heterocycles. The normalized spacial score (nSPS) is 11.9. The van der Waals surface area contributed by atoms with Gasteiger partial charge in [0.05, 0.1) is 11.1 Å². The number of hydrogen-bond donors (Lipinski definition) is 1.